The van der Waals surface area contributed by atoms with Gasteiger partial charge in [0.05, 0.1) is 25.9 Å². The van der Waals surface area contributed by atoms with Crippen LogP contribution in [-0.4, -0.2) is 136 Å². The molecule has 2 aromatic carbocycles. The first-order valence-electron chi connectivity index (χ1n) is 12.1. The second kappa shape index (κ2) is 9.52. The van der Waals surface area contributed by atoms with Gasteiger partial charge in [0, 0.05) is 12.1 Å². The molecule has 0 radical (unpaired) electrons. The lowest BCUT2D eigenvalue weighted by molar-refractivity contribution is -0.624. The van der Waals surface area contributed by atoms with Gasteiger partial charge in [0.25, 0.3) is 23.4 Å². The summed E-state index contributed by atoms with van der Waals surface area (Å²) in [6, 6.07) is 6.58. The Labute approximate surface area is 240 Å². The molecule has 19 heteroatoms. The number of aliphatic hydroxyl groups is 14. The van der Waals surface area contributed by atoms with Gasteiger partial charge in [-0.2, -0.15) is 4.90 Å². The highest BCUT2D eigenvalue weighted by molar-refractivity contribution is 5.69. The Hall–Kier alpha value is -2.96. The Kier molecular flexibility index (Phi) is 7.29. The van der Waals surface area contributed by atoms with Crippen LogP contribution in [0.4, 0.5) is 0 Å². The van der Waals surface area contributed by atoms with Crippen molar-refractivity contribution in [2.24, 2.45) is 5.92 Å². The summed E-state index contributed by atoms with van der Waals surface area (Å²) < 4.78 is 9.68. The quantitative estimate of drug-likeness (QED) is 0.105. The number of nitrogens with zero attached hydrogens (tertiary/aromatic N) is 1. The van der Waals surface area contributed by atoms with Crippen LogP contribution in [0.25, 0.3) is 0 Å². The van der Waals surface area contributed by atoms with Gasteiger partial charge in [-0.1, -0.05) is 30.3 Å². The van der Waals surface area contributed by atoms with Gasteiger partial charge in [-0.15, -0.1) is 0 Å². The van der Waals surface area contributed by atoms with E-state index in [1.165, 1.54) is 30.3 Å². The van der Waals surface area contributed by atoms with Crippen molar-refractivity contribution in [3.05, 3.63) is 47.0 Å². The zero-order valence-electron chi connectivity index (χ0n) is 22.2. The van der Waals surface area contributed by atoms with Gasteiger partial charge in [0.1, 0.15) is 5.92 Å². The van der Waals surface area contributed by atoms with E-state index in [9.17, 15) is 81.7 Å². The highest BCUT2D eigenvalue weighted by atomic mass is 16.7. The second-order valence-electron chi connectivity index (χ2n) is 10.3. The Morgan fingerprint density at radius 2 is 1.19 bits per heavy atom. The minimum absolute atomic E-state index is 0.0843. The van der Waals surface area contributed by atoms with Crippen molar-refractivity contribution >= 4 is 0 Å². The van der Waals surface area contributed by atoms with E-state index in [4.69, 9.17) is 9.47 Å². The van der Waals surface area contributed by atoms with Crippen LogP contribution >= 0.6 is 0 Å². The van der Waals surface area contributed by atoms with Crippen LogP contribution in [0, 0.1) is 5.92 Å². The fourth-order valence-corrected chi connectivity index (χ4v) is 5.83. The number of methoxy groups -OCH3 is 2. The van der Waals surface area contributed by atoms with Crippen molar-refractivity contribution in [3.8, 4) is 23.0 Å². The molecule has 4 rings (SSSR count). The van der Waals surface area contributed by atoms with Crippen LogP contribution in [0.2, 0.25) is 0 Å². The van der Waals surface area contributed by atoms with E-state index in [1.54, 1.807) is 0 Å². The van der Waals surface area contributed by atoms with Crippen molar-refractivity contribution < 1.29 is 91.2 Å². The van der Waals surface area contributed by atoms with E-state index >= 15 is 0 Å². The SMILES string of the molecule is COc1c(O)c2c(c(O)c1OC)C(O)(O)C(C(O)(O)C1(O)C(O)(O)C(O)(O)N(Cc3ccccc3)C(O)(O)C1(O)O)C2O. The monoisotopic (exact) mass is 621 g/mol. The molecule has 1 fully saturated rings. The Morgan fingerprint density at radius 1 is 0.744 bits per heavy atom. The minimum atomic E-state index is -5.36. The van der Waals surface area contributed by atoms with E-state index in [0.717, 1.165) is 14.2 Å². The lowest BCUT2D eigenvalue weighted by Gasteiger charge is -2.66. The molecule has 16 N–H and O–H groups in total. The first-order chi connectivity index (χ1) is 19.5. The van der Waals surface area contributed by atoms with Gasteiger partial charge in [0.15, 0.2) is 11.5 Å². The summed E-state index contributed by atoms with van der Waals surface area (Å²) >= 11 is 0. The molecule has 0 spiro atoms. The molecule has 2 atom stereocenters. The fourth-order valence-electron chi connectivity index (χ4n) is 5.83. The predicted molar refractivity (Wildman–Crippen MR) is 130 cm³/mol. The highest BCUT2D eigenvalue weighted by Crippen LogP contribution is 2.65. The lowest BCUT2D eigenvalue weighted by Crippen LogP contribution is -2.97. The van der Waals surface area contributed by atoms with Crippen LogP contribution in [0.1, 0.15) is 22.8 Å². The summed E-state index contributed by atoms with van der Waals surface area (Å²) in [5.74, 6) is -36.6. The number of aromatic hydroxyl groups is 2. The molecular weight excluding hydrogens is 590 g/mol. The van der Waals surface area contributed by atoms with Gasteiger partial charge in [0.2, 0.25) is 28.7 Å². The van der Waals surface area contributed by atoms with Crippen molar-refractivity contribution in [2.45, 2.75) is 53.2 Å². The lowest BCUT2D eigenvalue weighted by atomic mass is 9.64. The number of hydrogen-bond donors (Lipinski definition) is 16. The number of phenolic OH excluding ortho intramolecular Hbond substituents is 2. The summed E-state index contributed by atoms with van der Waals surface area (Å²) in [7, 11) is 1.82. The van der Waals surface area contributed by atoms with Gasteiger partial charge < -0.3 is 91.2 Å². The number of piperidine rings is 1. The topological polar surface area (TPSA) is 345 Å². The predicted octanol–water partition coefficient (Wildman–Crippen LogP) is -6.52. The van der Waals surface area contributed by atoms with Gasteiger partial charge in [-0.25, -0.2) is 0 Å². The molecule has 0 aromatic heterocycles. The zero-order valence-corrected chi connectivity index (χ0v) is 22.2. The van der Waals surface area contributed by atoms with Gasteiger partial charge >= 0.3 is 0 Å². The van der Waals surface area contributed by atoms with E-state index in [2.05, 4.69) is 0 Å². The molecule has 0 bridgehead atoms. The molecule has 43 heavy (non-hydrogen) atoms. The molecule has 1 aliphatic carbocycles. The van der Waals surface area contributed by atoms with Gasteiger partial charge in [-0.3, -0.25) is 0 Å². The van der Waals surface area contributed by atoms with Crippen LogP contribution in [0.5, 0.6) is 23.0 Å². The number of ether oxygens (including phenoxy) is 2. The fraction of sp³-hybridized carbons (Fsp3) is 0.500. The third-order valence-corrected chi connectivity index (χ3v) is 8.07. The number of aliphatic hydroxyl groups excluding tert-OH is 1. The Morgan fingerprint density at radius 3 is 1.63 bits per heavy atom. The van der Waals surface area contributed by atoms with Crippen LogP contribution in [-0.2, 0) is 12.3 Å². The molecule has 0 amide bonds. The minimum Gasteiger partial charge on any atom is -0.504 e. The summed E-state index contributed by atoms with van der Waals surface area (Å²) in [6.07, 6.45) is -2.97. The highest BCUT2D eigenvalue weighted by Gasteiger charge is 2.91. The third-order valence-electron chi connectivity index (χ3n) is 8.07. The maximum atomic E-state index is 11.4. The first-order valence-corrected chi connectivity index (χ1v) is 12.1. The maximum absolute atomic E-state index is 11.4. The van der Waals surface area contributed by atoms with Gasteiger partial charge in [-0.05, 0) is 5.56 Å². The number of phenols is 2. The average molecular weight is 622 g/mol. The Balaban J connectivity index is 1.98. The standard InChI is InChI=1S/C24H31NO18/c1-42-15-12(26)10-11(14(28)16(15)43-2)18(29,30)17(13(10)27)19(31,32)20(33)21(34,35)23(38,39)25(24(40,41)22(20,36)37)8-9-6-4-3-5-7-9/h3-7,13,17,26-41H,8H2,1-2H3. The first kappa shape index (κ1) is 32.9. The van der Waals surface area contributed by atoms with Crippen LogP contribution in [0.15, 0.2) is 30.3 Å². The van der Waals surface area contributed by atoms with E-state index in [1.807, 2.05) is 0 Å². The number of likely N-dealkylation sites (tertiary alicyclic amines) is 1. The van der Waals surface area contributed by atoms with E-state index in [-0.39, 0.29) is 5.56 Å². The van der Waals surface area contributed by atoms with Crippen LogP contribution < -0.4 is 9.47 Å². The number of benzene rings is 2. The van der Waals surface area contributed by atoms with E-state index < -0.39 is 98.2 Å². The number of rotatable bonds is 6. The van der Waals surface area contributed by atoms with Crippen molar-refractivity contribution in [3.63, 3.8) is 0 Å². The zero-order chi connectivity index (χ0) is 32.9. The number of hydrogen-bond acceptors (Lipinski definition) is 19. The Bertz CT molecular complexity index is 1380. The van der Waals surface area contributed by atoms with E-state index in [0.29, 0.717) is 0 Å². The largest absolute Gasteiger partial charge is 0.504 e. The molecular formula is C24H31NO18. The van der Waals surface area contributed by atoms with Crippen molar-refractivity contribution in [2.75, 3.05) is 14.2 Å². The smallest absolute Gasteiger partial charge is 0.290 e. The molecule has 240 valence electrons. The molecule has 1 heterocycles. The van der Waals surface area contributed by atoms with Crippen molar-refractivity contribution in [1.29, 1.82) is 0 Å². The summed E-state index contributed by atoms with van der Waals surface area (Å²) in [4.78, 5) is -0.599. The van der Waals surface area contributed by atoms with Crippen molar-refractivity contribution in [1.82, 2.24) is 4.90 Å². The number of fused-ring (bicyclic) bond motifs is 1. The van der Waals surface area contributed by atoms with Crippen LogP contribution in [0.3, 0.4) is 0 Å². The summed E-state index contributed by atoms with van der Waals surface area (Å²) in [6.45, 7) is -1.19. The normalized spacial score (nSPS) is 26.5. The molecule has 1 saturated heterocycles. The molecule has 2 aliphatic rings. The maximum Gasteiger partial charge on any atom is 0.290 e. The molecule has 1 aliphatic heterocycles. The molecule has 2 unspecified atom stereocenters. The molecule has 0 saturated carbocycles. The average Bonchev–Trinajstić information content (AvgIpc) is 3.13. The summed E-state index contributed by atoms with van der Waals surface area (Å²) in [5, 5.41) is 175. The molecule has 19 nitrogen and oxygen atoms in total. The summed E-state index contributed by atoms with van der Waals surface area (Å²) in [5.41, 5.74) is -8.00. The third kappa shape index (κ3) is 3.72. The second-order valence-corrected chi connectivity index (χ2v) is 10.3. The molecule has 2 aromatic rings.